The number of carboxylic acids is 1. The third kappa shape index (κ3) is 11.0. The summed E-state index contributed by atoms with van der Waals surface area (Å²) in [7, 11) is 0. The van der Waals surface area contributed by atoms with Gasteiger partial charge in [-0.05, 0) is 96.6 Å². The molecule has 1 aliphatic heterocycles. The smallest absolute Gasteiger partial charge is 0.416 e. The molecule has 304 valence electrons. The van der Waals surface area contributed by atoms with Crippen molar-refractivity contribution in [1.82, 2.24) is 10.2 Å². The number of halogens is 9. The second-order valence-electron chi connectivity index (χ2n) is 14.3. The van der Waals surface area contributed by atoms with Crippen LogP contribution in [0.4, 0.5) is 44.3 Å². The molecule has 2 atom stereocenters. The van der Waals surface area contributed by atoms with Crippen molar-refractivity contribution >= 4 is 18.0 Å². The number of carbonyl (C=O) groups excluding carboxylic acids is 2. The van der Waals surface area contributed by atoms with E-state index in [2.05, 4.69) is 5.32 Å². The molecule has 57 heavy (non-hydrogen) atoms. The molecule has 0 radical (unpaired) electrons. The molecule has 0 spiro atoms. The van der Waals surface area contributed by atoms with E-state index in [1.54, 1.807) is 39.0 Å². The van der Waals surface area contributed by atoms with E-state index in [1.165, 1.54) is 36.4 Å². The molecule has 0 bridgehead atoms. The molecule has 1 heterocycles. The first-order valence-corrected chi connectivity index (χ1v) is 17.2. The van der Waals surface area contributed by atoms with Gasteiger partial charge in [-0.25, -0.2) is 9.59 Å². The van der Waals surface area contributed by atoms with Gasteiger partial charge in [0.25, 0.3) is 0 Å². The van der Waals surface area contributed by atoms with E-state index < -0.39 is 70.9 Å². The van der Waals surface area contributed by atoms with Gasteiger partial charge in [-0.15, -0.1) is 0 Å². The fourth-order valence-corrected chi connectivity index (χ4v) is 6.01. The van der Waals surface area contributed by atoms with Gasteiger partial charge in [-0.3, -0.25) is 9.69 Å². The Labute approximate surface area is 320 Å². The van der Waals surface area contributed by atoms with Crippen LogP contribution in [0.25, 0.3) is 11.1 Å². The lowest BCUT2D eigenvalue weighted by Crippen LogP contribution is -2.56. The molecule has 2 amide bonds. The number of benzene rings is 4. The maximum absolute atomic E-state index is 13.8. The van der Waals surface area contributed by atoms with Crippen LogP contribution in [0.2, 0.25) is 0 Å². The Kier molecular flexibility index (Phi) is 11.9. The topological polar surface area (TPSA) is 105 Å². The number of aliphatic carboxylic acids is 1. The van der Waals surface area contributed by atoms with Crippen molar-refractivity contribution in [3.63, 3.8) is 0 Å². The molecule has 5 rings (SSSR count). The van der Waals surface area contributed by atoms with Crippen LogP contribution in [0.1, 0.15) is 59.7 Å². The van der Waals surface area contributed by atoms with E-state index in [0.29, 0.717) is 34.6 Å². The van der Waals surface area contributed by atoms with Gasteiger partial charge < -0.3 is 19.9 Å². The minimum Gasteiger partial charge on any atom is -0.489 e. The van der Waals surface area contributed by atoms with Crippen LogP contribution in [0, 0.1) is 0 Å². The second kappa shape index (κ2) is 16.0. The Bertz CT molecular complexity index is 2070. The number of alkyl halides is 9. The molecule has 0 aromatic heterocycles. The van der Waals surface area contributed by atoms with Crippen molar-refractivity contribution in [2.24, 2.45) is 0 Å². The van der Waals surface area contributed by atoms with E-state index in [0.717, 1.165) is 17.0 Å². The van der Waals surface area contributed by atoms with Crippen LogP contribution >= 0.6 is 0 Å². The minimum absolute atomic E-state index is 0.00622. The predicted octanol–water partition coefficient (Wildman–Crippen LogP) is 9.46. The lowest BCUT2D eigenvalue weighted by atomic mass is 9.93. The number of amides is 2. The van der Waals surface area contributed by atoms with Crippen molar-refractivity contribution in [3.8, 4) is 16.9 Å². The van der Waals surface area contributed by atoms with Crippen LogP contribution < -0.4 is 10.1 Å². The molecule has 0 fully saturated rings. The summed E-state index contributed by atoms with van der Waals surface area (Å²) in [5, 5.41) is 12.5. The van der Waals surface area contributed by atoms with Gasteiger partial charge in [0.05, 0.1) is 23.2 Å². The third-order valence-electron chi connectivity index (χ3n) is 8.85. The average Bonchev–Trinajstić information content (AvgIpc) is 3.11. The highest BCUT2D eigenvalue weighted by atomic mass is 19.4. The van der Waals surface area contributed by atoms with E-state index in [9.17, 15) is 59.0 Å². The highest BCUT2D eigenvalue weighted by Crippen LogP contribution is 2.39. The summed E-state index contributed by atoms with van der Waals surface area (Å²) in [5.41, 5.74) is -3.25. The number of rotatable bonds is 9. The first kappa shape index (κ1) is 42.4. The number of hydrogen-bond donors (Lipinski definition) is 2. The van der Waals surface area contributed by atoms with E-state index in [1.807, 2.05) is 0 Å². The lowest BCUT2D eigenvalue weighted by Gasteiger charge is -2.37. The van der Waals surface area contributed by atoms with Gasteiger partial charge in [-0.1, -0.05) is 42.5 Å². The SMILES string of the molecule is CC(C)(C)OC(=O)N1Cc2cc(OCc3ccc(C(F)(F)F)cc3)ccc2C[C@H]1C(=O)N[C@@H](Cc1ccc(-c2cc(C(F)(F)F)cc(C(F)(F)F)c2)cc1)C(=O)O. The van der Waals surface area contributed by atoms with E-state index >= 15 is 0 Å². The fraction of sp³-hybridized carbons (Fsp3) is 0.325. The van der Waals surface area contributed by atoms with Crippen LogP contribution in [-0.4, -0.2) is 45.7 Å². The molecule has 1 aliphatic rings. The molecule has 2 N–H and O–H groups in total. The summed E-state index contributed by atoms with van der Waals surface area (Å²) in [6.45, 7) is 4.60. The first-order valence-electron chi connectivity index (χ1n) is 17.2. The van der Waals surface area contributed by atoms with Crippen molar-refractivity contribution < 1.29 is 68.5 Å². The molecule has 0 unspecified atom stereocenters. The Morgan fingerprint density at radius 1 is 0.719 bits per heavy atom. The lowest BCUT2D eigenvalue weighted by molar-refractivity contribution is -0.143. The first-order chi connectivity index (χ1) is 26.4. The molecule has 0 saturated heterocycles. The number of hydrogen-bond acceptors (Lipinski definition) is 5. The summed E-state index contributed by atoms with van der Waals surface area (Å²) in [4.78, 5) is 40.6. The number of ether oxygens (including phenoxy) is 2. The summed E-state index contributed by atoms with van der Waals surface area (Å²) < 4.78 is 131. The summed E-state index contributed by atoms with van der Waals surface area (Å²) in [6.07, 6.45) is -15.9. The molecule has 17 heteroatoms. The summed E-state index contributed by atoms with van der Waals surface area (Å²) in [6, 6.07) is 12.7. The number of fused-ring (bicyclic) bond motifs is 1. The molecular weight excluding hydrogens is 775 g/mol. The fourth-order valence-electron chi connectivity index (χ4n) is 6.01. The van der Waals surface area contributed by atoms with Crippen LogP contribution in [0.3, 0.4) is 0 Å². The Morgan fingerprint density at radius 3 is 1.81 bits per heavy atom. The van der Waals surface area contributed by atoms with Crippen LogP contribution in [0.5, 0.6) is 5.75 Å². The number of carboxylic acid groups (broad SMARTS) is 1. The van der Waals surface area contributed by atoms with Gasteiger partial charge in [0.15, 0.2) is 0 Å². The summed E-state index contributed by atoms with van der Waals surface area (Å²) >= 11 is 0. The van der Waals surface area contributed by atoms with Crippen molar-refractivity contribution in [1.29, 1.82) is 0 Å². The van der Waals surface area contributed by atoms with Gasteiger partial charge >= 0.3 is 30.6 Å². The zero-order valence-corrected chi connectivity index (χ0v) is 30.4. The monoisotopic (exact) mass is 810 g/mol. The van der Waals surface area contributed by atoms with Crippen molar-refractivity contribution in [3.05, 3.63) is 124 Å². The van der Waals surface area contributed by atoms with Gasteiger partial charge in [-0.2, -0.15) is 39.5 Å². The Hall–Kier alpha value is -5.74. The molecular formula is C40H35F9N2O6. The zero-order valence-electron chi connectivity index (χ0n) is 30.4. The van der Waals surface area contributed by atoms with Gasteiger partial charge in [0.1, 0.15) is 30.0 Å². The van der Waals surface area contributed by atoms with Crippen LogP contribution in [0.15, 0.2) is 84.9 Å². The zero-order chi connectivity index (χ0) is 42.1. The Balaban J connectivity index is 1.33. The van der Waals surface area contributed by atoms with Crippen LogP contribution in [-0.2, 0) is 58.8 Å². The Morgan fingerprint density at radius 2 is 1.28 bits per heavy atom. The molecule has 4 aromatic carbocycles. The average molecular weight is 811 g/mol. The normalized spacial score (nSPS) is 15.4. The highest BCUT2D eigenvalue weighted by molar-refractivity contribution is 5.90. The maximum Gasteiger partial charge on any atom is 0.416 e. The minimum atomic E-state index is -5.05. The number of nitrogens with zero attached hydrogens (tertiary/aromatic N) is 1. The van der Waals surface area contributed by atoms with Gasteiger partial charge in [0, 0.05) is 12.8 Å². The second-order valence-corrected chi connectivity index (χ2v) is 14.3. The summed E-state index contributed by atoms with van der Waals surface area (Å²) in [5.74, 6) is -1.98. The molecule has 0 saturated carbocycles. The molecule has 4 aromatic rings. The van der Waals surface area contributed by atoms with Crippen molar-refractivity contribution in [2.75, 3.05) is 0 Å². The molecule has 0 aliphatic carbocycles. The number of carbonyl (C=O) groups is 3. The van der Waals surface area contributed by atoms with E-state index in [-0.39, 0.29) is 48.8 Å². The maximum atomic E-state index is 13.8. The predicted molar refractivity (Wildman–Crippen MR) is 187 cm³/mol. The van der Waals surface area contributed by atoms with Gasteiger partial charge in [0.2, 0.25) is 5.91 Å². The quantitative estimate of drug-likeness (QED) is 0.163. The third-order valence-corrected chi connectivity index (χ3v) is 8.85. The van der Waals surface area contributed by atoms with Crippen molar-refractivity contribution in [2.45, 2.75) is 83.0 Å². The highest BCUT2D eigenvalue weighted by Gasteiger charge is 2.40. The largest absolute Gasteiger partial charge is 0.489 e. The molecule has 8 nitrogen and oxygen atoms in total. The number of nitrogens with one attached hydrogen (secondary N) is 1. The van der Waals surface area contributed by atoms with E-state index in [4.69, 9.17) is 9.47 Å². The standard InChI is InChI=1S/C40H35F9N2O6/c1-37(2,3)57-36(55)51-20-27-17-31(56-21-23-6-11-28(12-7-23)38(41,42)43)13-10-25(27)18-33(51)34(52)50-32(35(53)54)14-22-4-8-24(9-5-22)26-15-29(39(44,45)46)19-30(16-26)40(47,48)49/h4-13,15-17,19,32-33H,14,18,20-21H2,1-3H3,(H,50,52)(H,53,54)/t32-,33-/m0/s1.